The van der Waals surface area contributed by atoms with E-state index in [0.717, 1.165) is 14.9 Å². The molecule has 1 aromatic heterocycles. The van der Waals surface area contributed by atoms with Crippen LogP contribution in [-0.4, -0.2) is 23.7 Å². The van der Waals surface area contributed by atoms with Crippen LogP contribution in [0.25, 0.3) is 11.0 Å². The fourth-order valence-corrected chi connectivity index (χ4v) is 3.04. The van der Waals surface area contributed by atoms with Crippen LogP contribution in [0.2, 0.25) is 0 Å². The average molecular weight is 479 g/mol. The molecular formula is C18H14IN3O5. The molecule has 0 aliphatic rings. The van der Waals surface area contributed by atoms with Crippen LogP contribution in [-0.2, 0) is 0 Å². The van der Waals surface area contributed by atoms with Crippen molar-refractivity contribution in [3.8, 4) is 5.75 Å². The number of carbonyl (C=O) groups is 1. The second-order valence-corrected chi connectivity index (χ2v) is 6.57. The van der Waals surface area contributed by atoms with Crippen LogP contribution in [0.1, 0.15) is 23.0 Å². The molecule has 0 aliphatic heterocycles. The molecule has 1 amide bonds. The van der Waals surface area contributed by atoms with Crippen molar-refractivity contribution >= 4 is 51.4 Å². The quantitative estimate of drug-likeness (QED) is 0.248. The predicted molar refractivity (Wildman–Crippen MR) is 108 cm³/mol. The Morgan fingerprint density at radius 1 is 1.33 bits per heavy atom. The van der Waals surface area contributed by atoms with Gasteiger partial charge in [-0.15, -0.1) is 0 Å². The normalized spacial score (nSPS) is 11.0. The maximum atomic E-state index is 12.2. The summed E-state index contributed by atoms with van der Waals surface area (Å²) in [7, 11) is 0. The number of rotatable bonds is 6. The maximum absolute atomic E-state index is 12.2. The molecule has 1 heterocycles. The van der Waals surface area contributed by atoms with Crippen molar-refractivity contribution in [1.82, 2.24) is 5.43 Å². The van der Waals surface area contributed by atoms with Gasteiger partial charge in [-0.3, -0.25) is 14.9 Å². The number of nitro benzene ring substituents is 1. The molecule has 0 saturated carbocycles. The third-order valence-electron chi connectivity index (χ3n) is 3.57. The van der Waals surface area contributed by atoms with Crippen molar-refractivity contribution in [3.05, 3.63) is 67.5 Å². The van der Waals surface area contributed by atoms with Gasteiger partial charge in [0.05, 0.1) is 21.3 Å². The van der Waals surface area contributed by atoms with E-state index in [1.165, 1.54) is 30.5 Å². The van der Waals surface area contributed by atoms with Crippen molar-refractivity contribution in [3.63, 3.8) is 0 Å². The minimum absolute atomic E-state index is 0.0175. The van der Waals surface area contributed by atoms with Gasteiger partial charge in [-0.1, -0.05) is 0 Å². The lowest BCUT2D eigenvalue weighted by Crippen LogP contribution is -2.16. The smallest absolute Gasteiger partial charge is 0.307 e. The van der Waals surface area contributed by atoms with Crippen LogP contribution >= 0.6 is 22.6 Å². The van der Waals surface area contributed by atoms with E-state index in [9.17, 15) is 14.9 Å². The first-order valence-corrected chi connectivity index (χ1v) is 8.99. The summed E-state index contributed by atoms with van der Waals surface area (Å²) in [6, 6.07) is 11.1. The number of hydrogen-bond acceptors (Lipinski definition) is 6. The monoisotopic (exact) mass is 479 g/mol. The lowest BCUT2D eigenvalue weighted by Gasteiger charge is -2.05. The second kappa shape index (κ2) is 8.16. The molecule has 2 aromatic carbocycles. The molecule has 8 nitrogen and oxygen atoms in total. The molecule has 0 radical (unpaired) electrons. The molecule has 27 heavy (non-hydrogen) atoms. The number of fused-ring (bicyclic) bond motifs is 1. The minimum Gasteiger partial charge on any atom is -0.493 e. The summed E-state index contributed by atoms with van der Waals surface area (Å²) in [6.07, 6.45) is 1.50. The topological polar surface area (TPSA) is 107 Å². The highest BCUT2D eigenvalue weighted by Gasteiger charge is 2.14. The SMILES string of the molecule is CCOc1ccc(/C=N\NC(=O)c2cc3cc([N+](=O)[O-])ccc3o2)cc1I. The van der Waals surface area contributed by atoms with Gasteiger partial charge in [-0.2, -0.15) is 5.10 Å². The molecule has 0 aliphatic carbocycles. The van der Waals surface area contributed by atoms with Crippen LogP contribution in [0.5, 0.6) is 5.75 Å². The molecule has 1 N–H and O–H groups in total. The van der Waals surface area contributed by atoms with Crippen LogP contribution in [0.4, 0.5) is 5.69 Å². The van der Waals surface area contributed by atoms with Gasteiger partial charge in [0.2, 0.25) is 0 Å². The number of ether oxygens (including phenoxy) is 1. The second-order valence-electron chi connectivity index (χ2n) is 5.41. The largest absolute Gasteiger partial charge is 0.493 e. The zero-order chi connectivity index (χ0) is 19.4. The summed E-state index contributed by atoms with van der Waals surface area (Å²) in [5.41, 5.74) is 3.48. The number of nitrogens with one attached hydrogen (secondary N) is 1. The van der Waals surface area contributed by atoms with E-state index < -0.39 is 10.8 Å². The molecule has 3 rings (SSSR count). The first-order chi connectivity index (χ1) is 13.0. The van der Waals surface area contributed by atoms with E-state index in [4.69, 9.17) is 9.15 Å². The average Bonchev–Trinajstić information content (AvgIpc) is 3.07. The molecular weight excluding hydrogens is 465 g/mol. The lowest BCUT2D eigenvalue weighted by molar-refractivity contribution is -0.384. The Hall–Kier alpha value is -2.95. The van der Waals surface area contributed by atoms with E-state index in [1.54, 1.807) is 0 Å². The first kappa shape index (κ1) is 18.8. The Bertz CT molecular complexity index is 1040. The Morgan fingerprint density at radius 3 is 2.85 bits per heavy atom. The van der Waals surface area contributed by atoms with E-state index in [0.29, 0.717) is 17.6 Å². The van der Waals surface area contributed by atoms with Crippen molar-refractivity contribution in [2.45, 2.75) is 6.92 Å². The summed E-state index contributed by atoms with van der Waals surface area (Å²) < 4.78 is 11.8. The molecule has 0 bridgehead atoms. The van der Waals surface area contributed by atoms with Gasteiger partial charge >= 0.3 is 5.91 Å². The fraction of sp³-hybridized carbons (Fsp3) is 0.111. The van der Waals surface area contributed by atoms with Crippen LogP contribution in [0, 0.1) is 13.7 Å². The van der Waals surface area contributed by atoms with Gasteiger partial charge in [0, 0.05) is 17.5 Å². The van der Waals surface area contributed by atoms with Crippen molar-refractivity contribution in [2.75, 3.05) is 6.61 Å². The van der Waals surface area contributed by atoms with E-state index in [1.807, 2.05) is 25.1 Å². The summed E-state index contributed by atoms with van der Waals surface area (Å²) in [6.45, 7) is 2.50. The Labute approximate surface area is 167 Å². The number of non-ortho nitro benzene ring substituents is 1. The lowest BCUT2D eigenvalue weighted by atomic mass is 10.2. The summed E-state index contributed by atoms with van der Waals surface area (Å²) in [5.74, 6) is 0.255. The summed E-state index contributed by atoms with van der Waals surface area (Å²) in [5, 5.41) is 15.2. The highest BCUT2D eigenvalue weighted by molar-refractivity contribution is 14.1. The number of nitro groups is 1. The summed E-state index contributed by atoms with van der Waals surface area (Å²) in [4.78, 5) is 22.5. The standard InChI is InChI=1S/C18H14IN3O5/c1-2-26-16-5-3-11(7-14(16)19)10-20-21-18(23)17-9-12-8-13(22(24)25)4-6-15(12)27-17/h3-10H,2H2,1H3,(H,21,23)/b20-10-. The fourth-order valence-electron chi connectivity index (χ4n) is 2.35. The Balaban J connectivity index is 1.70. The van der Waals surface area contributed by atoms with Gasteiger partial charge in [0.1, 0.15) is 11.3 Å². The highest BCUT2D eigenvalue weighted by Crippen LogP contribution is 2.24. The number of amides is 1. The van der Waals surface area contributed by atoms with Gasteiger partial charge in [0.15, 0.2) is 5.76 Å². The molecule has 9 heteroatoms. The molecule has 0 saturated heterocycles. The summed E-state index contributed by atoms with van der Waals surface area (Å²) >= 11 is 2.16. The molecule has 3 aromatic rings. The zero-order valence-electron chi connectivity index (χ0n) is 14.1. The van der Waals surface area contributed by atoms with E-state index in [-0.39, 0.29) is 11.4 Å². The number of furan rings is 1. The first-order valence-electron chi connectivity index (χ1n) is 7.91. The van der Waals surface area contributed by atoms with E-state index in [2.05, 4.69) is 33.1 Å². The maximum Gasteiger partial charge on any atom is 0.307 e. The third kappa shape index (κ3) is 4.42. The number of benzene rings is 2. The van der Waals surface area contributed by atoms with Crippen LogP contribution in [0.3, 0.4) is 0 Å². The molecule has 138 valence electrons. The molecule has 0 atom stereocenters. The van der Waals surface area contributed by atoms with Gasteiger partial charge in [0.25, 0.3) is 5.69 Å². The van der Waals surface area contributed by atoms with Gasteiger partial charge in [-0.25, -0.2) is 5.43 Å². The Kier molecular flexibility index (Phi) is 5.69. The van der Waals surface area contributed by atoms with Crippen molar-refractivity contribution in [1.29, 1.82) is 0 Å². The minimum atomic E-state index is -0.550. The Morgan fingerprint density at radius 2 is 2.15 bits per heavy atom. The molecule has 0 spiro atoms. The number of halogens is 1. The van der Waals surface area contributed by atoms with Crippen LogP contribution in [0.15, 0.2) is 52.0 Å². The third-order valence-corrected chi connectivity index (χ3v) is 4.41. The van der Waals surface area contributed by atoms with Crippen LogP contribution < -0.4 is 10.2 Å². The zero-order valence-corrected chi connectivity index (χ0v) is 16.3. The van der Waals surface area contributed by atoms with E-state index >= 15 is 0 Å². The van der Waals surface area contributed by atoms with Crippen molar-refractivity contribution in [2.24, 2.45) is 5.10 Å². The molecule has 0 fully saturated rings. The molecule has 0 unspecified atom stereocenters. The number of hydrogen-bond donors (Lipinski definition) is 1. The number of carbonyl (C=O) groups excluding carboxylic acids is 1. The van der Waals surface area contributed by atoms with Gasteiger partial charge < -0.3 is 9.15 Å². The van der Waals surface area contributed by atoms with Crippen molar-refractivity contribution < 1.29 is 18.9 Å². The predicted octanol–water partition coefficient (Wildman–Crippen LogP) is 4.11. The highest BCUT2D eigenvalue weighted by atomic mass is 127. The number of hydrazone groups is 1. The van der Waals surface area contributed by atoms with Gasteiger partial charge in [-0.05, 0) is 65.4 Å². The number of nitrogens with zero attached hydrogens (tertiary/aromatic N) is 2.